The van der Waals surface area contributed by atoms with Crippen LogP contribution in [-0.2, 0) is 6.54 Å². The Balaban J connectivity index is 2.15. The van der Waals surface area contributed by atoms with E-state index in [0.29, 0.717) is 36.2 Å². The van der Waals surface area contributed by atoms with Gasteiger partial charge in [0.25, 0.3) is 0 Å². The van der Waals surface area contributed by atoms with Gasteiger partial charge in [0, 0.05) is 18.5 Å². The molecule has 21 heavy (non-hydrogen) atoms. The number of carbonyl (C=O) groups is 1. The van der Waals surface area contributed by atoms with Crippen LogP contribution in [0.1, 0.15) is 36.4 Å². The first kappa shape index (κ1) is 15.5. The molecule has 114 valence electrons. The molecule has 0 aliphatic carbocycles. The van der Waals surface area contributed by atoms with Crippen LogP contribution in [0.2, 0.25) is 0 Å². The molecule has 0 bridgehead atoms. The highest BCUT2D eigenvalue weighted by molar-refractivity contribution is 6.03. The maximum atomic E-state index is 11.4. The van der Waals surface area contributed by atoms with Gasteiger partial charge in [-0.25, -0.2) is 4.79 Å². The summed E-state index contributed by atoms with van der Waals surface area (Å²) < 4.78 is 5.64. The van der Waals surface area contributed by atoms with E-state index in [2.05, 4.69) is 5.32 Å². The van der Waals surface area contributed by atoms with Crippen LogP contribution < -0.4 is 5.32 Å². The van der Waals surface area contributed by atoms with E-state index in [4.69, 9.17) is 9.52 Å². The van der Waals surface area contributed by atoms with Crippen molar-refractivity contribution in [2.45, 2.75) is 26.8 Å². The van der Waals surface area contributed by atoms with Gasteiger partial charge in [0.05, 0.1) is 6.54 Å². The lowest BCUT2D eigenvalue weighted by atomic mass is 9.90. The van der Waals surface area contributed by atoms with Crippen LogP contribution in [0.5, 0.6) is 0 Å². The smallest absolute Gasteiger partial charge is 0.339 e. The summed E-state index contributed by atoms with van der Waals surface area (Å²) in [6.45, 7) is 5.26. The third kappa shape index (κ3) is 3.62. The van der Waals surface area contributed by atoms with E-state index < -0.39 is 5.97 Å². The molecule has 2 rings (SSSR count). The lowest BCUT2D eigenvalue weighted by molar-refractivity contribution is 0.0696. The summed E-state index contributed by atoms with van der Waals surface area (Å²) in [5, 5.41) is 22.2. The normalized spacial score (nSPS) is 12.0. The highest BCUT2D eigenvalue weighted by atomic mass is 16.4. The van der Waals surface area contributed by atoms with Crippen molar-refractivity contribution >= 4 is 16.9 Å². The third-order valence-electron chi connectivity index (χ3n) is 3.56. The molecule has 3 N–H and O–H groups in total. The van der Waals surface area contributed by atoms with Crippen LogP contribution in [0.15, 0.2) is 28.7 Å². The van der Waals surface area contributed by atoms with Gasteiger partial charge in [-0.1, -0.05) is 32.0 Å². The highest BCUT2D eigenvalue weighted by Crippen LogP contribution is 2.26. The van der Waals surface area contributed by atoms with Crippen LogP contribution in [-0.4, -0.2) is 29.3 Å². The fraction of sp³-hybridized carbons (Fsp3) is 0.438. The maximum absolute atomic E-state index is 11.4. The quantitative estimate of drug-likeness (QED) is 0.730. The lowest BCUT2D eigenvalue weighted by Crippen LogP contribution is -2.30. The summed E-state index contributed by atoms with van der Waals surface area (Å²) in [6, 6.07) is 7.13. The van der Waals surface area contributed by atoms with Crippen molar-refractivity contribution in [3.63, 3.8) is 0 Å². The fourth-order valence-corrected chi connectivity index (χ4v) is 2.36. The summed E-state index contributed by atoms with van der Waals surface area (Å²) in [7, 11) is 0. The molecule has 0 aliphatic rings. The van der Waals surface area contributed by atoms with Crippen LogP contribution in [0.25, 0.3) is 11.0 Å². The monoisotopic (exact) mass is 291 g/mol. The molecule has 0 atom stereocenters. The first-order chi connectivity index (χ1) is 9.94. The van der Waals surface area contributed by atoms with Gasteiger partial charge in [-0.15, -0.1) is 0 Å². The minimum absolute atomic E-state index is 0.0514. The molecule has 0 fully saturated rings. The average Bonchev–Trinajstić information content (AvgIpc) is 2.76. The number of hydrogen-bond acceptors (Lipinski definition) is 4. The van der Waals surface area contributed by atoms with E-state index in [9.17, 15) is 9.90 Å². The number of benzene rings is 1. The van der Waals surface area contributed by atoms with E-state index in [1.807, 2.05) is 19.9 Å². The summed E-state index contributed by atoms with van der Waals surface area (Å²) >= 11 is 0. The van der Waals surface area contributed by atoms with Crippen LogP contribution in [0.3, 0.4) is 0 Å². The lowest BCUT2D eigenvalue weighted by Gasteiger charge is -2.23. The fourth-order valence-electron chi connectivity index (χ4n) is 2.36. The highest BCUT2D eigenvalue weighted by Gasteiger charge is 2.21. The SMILES string of the molecule is CC(C)(CCO)CNCc1oc2ccccc2c1C(=O)O. The Morgan fingerprint density at radius 2 is 2.05 bits per heavy atom. The zero-order valence-electron chi connectivity index (χ0n) is 12.3. The second kappa shape index (κ2) is 6.28. The molecule has 0 unspecified atom stereocenters. The Morgan fingerprint density at radius 3 is 2.71 bits per heavy atom. The van der Waals surface area contributed by atoms with Gasteiger partial charge in [0.15, 0.2) is 0 Å². The molecule has 5 heteroatoms. The van der Waals surface area contributed by atoms with E-state index in [1.165, 1.54) is 0 Å². The molecular weight excluding hydrogens is 270 g/mol. The van der Waals surface area contributed by atoms with Crippen molar-refractivity contribution in [1.29, 1.82) is 0 Å². The number of aromatic carboxylic acids is 1. The molecule has 1 aromatic carbocycles. The predicted molar refractivity (Wildman–Crippen MR) is 80.4 cm³/mol. The zero-order valence-corrected chi connectivity index (χ0v) is 12.3. The van der Waals surface area contributed by atoms with Crippen LogP contribution in [0, 0.1) is 5.41 Å². The summed E-state index contributed by atoms with van der Waals surface area (Å²) in [5.41, 5.74) is 0.754. The Hall–Kier alpha value is -1.85. The molecule has 0 amide bonds. The molecule has 2 aromatic rings. The van der Waals surface area contributed by atoms with Crippen molar-refractivity contribution < 1.29 is 19.4 Å². The number of para-hydroxylation sites is 1. The zero-order chi connectivity index (χ0) is 15.5. The second-order valence-corrected chi connectivity index (χ2v) is 5.94. The van der Waals surface area contributed by atoms with E-state index in [1.54, 1.807) is 18.2 Å². The molecular formula is C16H21NO4. The minimum atomic E-state index is -0.980. The summed E-state index contributed by atoms with van der Waals surface area (Å²) in [6.07, 6.45) is 0.686. The summed E-state index contributed by atoms with van der Waals surface area (Å²) in [5.74, 6) is -0.546. The second-order valence-electron chi connectivity index (χ2n) is 5.94. The van der Waals surface area contributed by atoms with Gasteiger partial charge < -0.3 is 19.9 Å². The van der Waals surface area contributed by atoms with Gasteiger partial charge in [-0.3, -0.25) is 0 Å². The topological polar surface area (TPSA) is 82.7 Å². The van der Waals surface area contributed by atoms with Gasteiger partial charge in [0.2, 0.25) is 0 Å². The Morgan fingerprint density at radius 1 is 1.33 bits per heavy atom. The number of aliphatic hydroxyl groups is 1. The number of carboxylic acids is 1. The van der Waals surface area contributed by atoms with Crippen molar-refractivity contribution in [1.82, 2.24) is 5.32 Å². The van der Waals surface area contributed by atoms with Crippen molar-refractivity contribution in [3.05, 3.63) is 35.6 Å². The van der Waals surface area contributed by atoms with Crippen LogP contribution >= 0.6 is 0 Å². The number of hydrogen-bond donors (Lipinski definition) is 3. The molecule has 1 heterocycles. The van der Waals surface area contributed by atoms with Gasteiger partial charge in [-0.2, -0.15) is 0 Å². The molecule has 0 radical (unpaired) electrons. The summed E-state index contributed by atoms with van der Waals surface area (Å²) in [4.78, 5) is 11.4. The number of furan rings is 1. The predicted octanol–water partition coefficient (Wildman–Crippen LogP) is 2.63. The van der Waals surface area contributed by atoms with E-state index >= 15 is 0 Å². The first-order valence-electron chi connectivity index (χ1n) is 7.00. The van der Waals surface area contributed by atoms with Crippen molar-refractivity contribution in [2.24, 2.45) is 5.41 Å². The van der Waals surface area contributed by atoms with Crippen molar-refractivity contribution in [2.75, 3.05) is 13.2 Å². The molecule has 5 nitrogen and oxygen atoms in total. The Labute approximate surface area is 123 Å². The van der Waals surface area contributed by atoms with E-state index in [-0.39, 0.29) is 17.6 Å². The number of fused-ring (bicyclic) bond motifs is 1. The minimum Gasteiger partial charge on any atom is -0.478 e. The largest absolute Gasteiger partial charge is 0.478 e. The molecule has 0 saturated heterocycles. The average molecular weight is 291 g/mol. The molecule has 0 spiro atoms. The number of carboxylic acid groups (broad SMARTS) is 1. The third-order valence-corrected chi connectivity index (χ3v) is 3.56. The maximum Gasteiger partial charge on any atom is 0.339 e. The van der Waals surface area contributed by atoms with Gasteiger partial charge in [-0.05, 0) is 17.9 Å². The standard InChI is InChI=1S/C16H21NO4/c1-16(2,7-8-18)10-17-9-13-14(15(19)20)11-5-3-4-6-12(11)21-13/h3-6,17-18H,7-10H2,1-2H3,(H,19,20). The first-order valence-corrected chi connectivity index (χ1v) is 7.00. The number of aliphatic hydroxyl groups excluding tert-OH is 1. The Bertz CT molecular complexity index is 630. The van der Waals surface area contributed by atoms with Gasteiger partial charge in [0.1, 0.15) is 16.9 Å². The van der Waals surface area contributed by atoms with Crippen LogP contribution in [0.4, 0.5) is 0 Å². The number of rotatable bonds is 7. The molecule has 0 aliphatic heterocycles. The molecule has 1 aromatic heterocycles. The molecule has 0 saturated carbocycles. The van der Waals surface area contributed by atoms with E-state index in [0.717, 1.165) is 0 Å². The van der Waals surface area contributed by atoms with Crippen molar-refractivity contribution in [3.8, 4) is 0 Å². The van der Waals surface area contributed by atoms with Gasteiger partial charge >= 0.3 is 5.97 Å². The Kier molecular flexibility index (Phi) is 4.65. The number of nitrogens with one attached hydrogen (secondary N) is 1.